The molecule has 0 aliphatic heterocycles. The van der Waals surface area contributed by atoms with Gasteiger partial charge < -0.3 is 15.4 Å². The first-order chi connectivity index (χ1) is 8.85. The topological polar surface area (TPSA) is 46.2 Å². The molecule has 0 radical (unpaired) electrons. The van der Waals surface area contributed by atoms with E-state index in [1.165, 1.54) is 0 Å². The first kappa shape index (κ1) is 12.6. The van der Waals surface area contributed by atoms with Crippen molar-refractivity contribution in [3.8, 4) is 5.75 Å². The van der Waals surface area contributed by atoms with Crippen LogP contribution in [0.4, 0.5) is 5.69 Å². The fraction of sp³-hybridized carbons (Fsp3) is 0.357. The average molecular weight is 245 g/mol. The van der Waals surface area contributed by atoms with Gasteiger partial charge in [0.2, 0.25) is 0 Å². The SMILES string of the molecule is CCNCCNc1cc(OC)cc2cccnc12. The molecule has 0 unspecified atom stereocenters. The number of hydrogen-bond acceptors (Lipinski definition) is 4. The standard InChI is InChI=1S/C14H19N3O/c1-3-15-7-8-16-13-10-12(18-2)9-11-5-4-6-17-14(11)13/h4-6,9-10,15-16H,3,7-8H2,1-2H3. The minimum absolute atomic E-state index is 0.849. The summed E-state index contributed by atoms with van der Waals surface area (Å²) in [6.45, 7) is 4.88. The third-order valence-electron chi connectivity index (χ3n) is 2.78. The van der Waals surface area contributed by atoms with Gasteiger partial charge in [0.15, 0.2) is 0 Å². The van der Waals surface area contributed by atoms with E-state index >= 15 is 0 Å². The monoisotopic (exact) mass is 245 g/mol. The highest BCUT2D eigenvalue weighted by atomic mass is 16.5. The average Bonchev–Trinajstić information content (AvgIpc) is 2.43. The molecule has 0 atom stereocenters. The van der Waals surface area contributed by atoms with Crippen LogP contribution in [0.2, 0.25) is 0 Å². The fourth-order valence-corrected chi connectivity index (χ4v) is 1.88. The maximum absolute atomic E-state index is 5.31. The van der Waals surface area contributed by atoms with Crippen molar-refractivity contribution in [1.82, 2.24) is 10.3 Å². The number of pyridine rings is 1. The van der Waals surface area contributed by atoms with Crippen molar-refractivity contribution in [2.45, 2.75) is 6.92 Å². The summed E-state index contributed by atoms with van der Waals surface area (Å²) in [6, 6.07) is 7.96. The van der Waals surface area contributed by atoms with E-state index < -0.39 is 0 Å². The van der Waals surface area contributed by atoms with Crippen molar-refractivity contribution in [2.24, 2.45) is 0 Å². The minimum atomic E-state index is 0.849. The number of likely N-dealkylation sites (N-methyl/N-ethyl adjacent to an activating group) is 1. The Morgan fingerprint density at radius 1 is 1.28 bits per heavy atom. The molecule has 18 heavy (non-hydrogen) atoms. The van der Waals surface area contributed by atoms with Crippen molar-refractivity contribution < 1.29 is 4.74 Å². The van der Waals surface area contributed by atoms with Crippen LogP contribution < -0.4 is 15.4 Å². The second kappa shape index (κ2) is 6.21. The molecule has 2 aromatic rings. The Kier molecular flexibility index (Phi) is 4.36. The number of fused-ring (bicyclic) bond motifs is 1. The van der Waals surface area contributed by atoms with Gasteiger partial charge >= 0.3 is 0 Å². The van der Waals surface area contributed by atoms with Crippen LogP contribution in [0, 0.1) is 0 Å². The predicted molar refractivity (Wildman–Crippen MR) is 75.3 cm³/mol. The smallest absolute Gasteiger partial charge is 0.121 e. The lowest BCUT2D eigenvalue weighted by molar-refractivity contribution is 0.415. The first-order valence-corrected chi connectivity index (χ1v) is 6.22. The van der Waals surface area contributed by atoms with E-state index in [4.69, 9.17) is 4.74 Å². The maximum Gasteiger partial charge on any atom is 0.121 e. The number of aromatic nitrogens is 1. The predicted octanol–water partition coefficient (Wildman–Crippen LogP) is 2.26. The van der Waals surface area contributed by atoms with Crippen LogP contribution >= 0.6 is 0 Å². The lowest BCUT2D eigenvalue weighted by atomic mass is 10.2. The van der Waals surface area contributed by atoms with Gasteiger partial charge in [-0.15, -0.1) is 0 Å². The first-order valence-electron chi connectivity index (χ1n) is 6.22. The zero-order chi connectivity index (χ0) is 12.8. The molecule has 1 aromatic carbocycles. The summed E-state index contributed by atoms with van der Waals surface area (Å²) >= 11 is 0. The minimum Gasteiger partial charge on any atom is -0.497 e. The molecule has 0 aliphatic rings. The van der Waals surface area contributed by atoms with E-state index in [1.807, 2.05) is 30.5 Å². The molecule has 4 nitrogen and oxygen atoms in total. The zero-order valence-corrected chi connectivity index (χ0v) is 10.9. The van der Waals surface area contributed by atoms with Gasteiger partial charge in [0.05, 0.1) is 18.3 Å². The zero-order valence-electron chi connectivity index (χ0n) is 10.9. The van der Waals surface area contributed by atoms with Gasteiger partial charge in [-0.1, -0.05) is 13.0 Å². The number of nitrogens with one attached hydrogen (secondary N) is 2. The largest absolute Gasteiger partial charge is 0.497 e. The van der Waals surface area contributed by atoms with Gasteiger partial charge in [-0.05, 0) is 18.7 Å². The van der Waals surface area contributed by atoms with E-state index in [9.17, 15) is 0 Å². The summed E-state index contributed by atoms with van der Waals surface area (Å²) in [4.78, 5) is 4.42. The summed E-state index contributed by atoms with van der Waals surface area (Å²) < 4.78 is 5.31. The van der Waals surface area contributed by atoms with Gasteiger partial charge in [0.1, 0.15) is 5.75 Å². The number of ether oxygens (including phenoxy) is 1. The van der Waals surface area contributed by atoms with Gasteiger partial charge in [-0.3, -0.25) is 4.98 Å². The molecular formula is C14H19N3O. The fourth-order valence-electron chi connectivity index (χ4n) is 1.88. The molecule has 1 heterocycles. The van der Waals surface area contributed by atoms with Gasteiger partial charge in [-0.25, -0.2) is 0 Å². The number of hydrogen-bond donors (Lipinski definition) is 2. The Bertz CT molecular complexity index is 513. The molecule has 0 bridgehead atoms. The second-order valence-electron chi connectivity index (χ2n) is 4.03. The molecular weight excluding hydrogens is 226 g/mol. The van der Waals surface area contributed by atoms with Crippen molar-refractivity contribution >= 4 is 16.6 Å². The van der Waals surface area contributed by atoms with E-state index in [-0.39, 0.29) is 0 Å². The maximum atomic E-state index is 5.31. The summed E-state index contributed by atoms with van der Waals surface area (Å²) in [5.74, 6) is 0.849. The molecule has 96 valence electrons. The van der Waals surface area contributed by atoms with Crippen LogP contribution in [0.1, 0.15) is 6.92 Å². The highest BCUT2D eigenvalue weighted by Gasteiger charge is 2.04. The summed E-state index contributed by atoms with van der Waals surface area (Å²) in [5, 5.41) is 7.76. The molecule has 2 N–H and O–H groups in total. The lowest BCUT2D eigenvalue weighted by Crippen LogP contribution is -2.21. The number of rotatable bonds is 6. The number of benzene rings is 1. The summed E-state index contributed by atoms with van der Waals surface area (Å²) in [5.41, 5.74) is 2.00. The lowest BCUT2D eigenvalue weighted by Gasteiger charge is -2.11. The third kappa shape index (κ3) is 2.90. The highest BCUT2D eigenvalue weighted by Crippen LogP contribution is 2.27. The van der Waals surface area contributed by atoms with Gasteiger partial charge in [-0.2, -0.15) is 0 Å². The van der Waals surface area contributed by atoms with Crippen LogP contribution in [0.15, 0.2) is 30.5 Å². The Morgan fingerprint density at radius 2 is 2.17 bits per heavy atom. The van der Waals surface area contributed by atoms with Crippen LogP contribution in [-0.2, 0) is 0 Å². The summed E-state index contributed by atoms with van der Waals surface area (Å²) in [6.07, 6.45) is 1.81. The van der Waals surface area contributed by atoms with E-state index in [2.05, 4.69) is 22.5 Å². The Morgan fingerprint density at radius 3 is 2.94 bits per heavy atom. The number of nitrogens with zero attached hydrogens (tertiary/aromatic N) is 1. The van der Waals surface area contributed by atoms with Gasteiger partial charge in [0.25, 0.3) is 0 Å². The van der Waals surface area contributed by atoms with E-state index in [0.717, 1.165) is 42.0 Å². The van der Waals surface area contributed by atoms with E-state index in [1.54, 1.807) is 7.11 Å². The normalized spacial score (nSPS) is 10.6. The molecule has 0 saturated carbocycles. The second-order valence-corrected chi connectivity index (χ2v) is 4.03. The molecule has 0 aliphatic carbocycles. The molecule has 0 amide bonds. The Balaban J connectivity index is 2.23. The summed E-state index contributed by atoms with van der Waals surface area (Å²) in [7, 11) is 1.68. The van der Waals surface area contributed by atoms with Crippen molar-refractivity contribution in [2.75, 3.05) is 32.1 Å². The molecule has 4 heteroatoms. The van der Waals surface area contributed by atoms with E-state index in [0.29, 0.717) is 0 Å². The Hall–Kier alpha value is -1.81. The highest BCUT2D eigenvalue weighted by molar-refractivity contribution is 5.91. The van der Waals surface area contributed by atoms with Crippen LogP contribution in [-0.4, -0.2) is 31.7 Å². The molecule has 2 rings (SSSR count). The van der Waals surface area contributed by atoms with Crippen LogP contribution in [0.5, 0.6) is 5.75 Å². The molecule has 0 spiro atoms. The number of methoxy groups -OCH3 is 1. The van der Waals surface area contributed by atoms with Crippen LogP contribution in [0.3, 0.4) is 0 Å². The molecule has 0 fully saturated rings. The van der Waals surface area contributed by atoms with Gasteiger partial charge in [0, 0.05) is 30.7 Å². The quantitative estimate of drug-likeness (QED) is 0.766. The van der Waals surface area contributed by atoms with Crippen molar-refractivity contribution in [3.63, 3.8) is 0 Å². The Labute approximate surface area is 107 Å². The van der Waals surface area contributed by atoms with Crippen molar-refractivity contribution in [3.05, 3.63) is 30.5 Å². The number of anilines is 1. The molecule has 0 saturated heterocycles. The van der Waals surface area contributed by atoms with Crippen molar-refractivity contribution in [1.29, 1.82) is 0 Å². The molecule has 1 aromatic heterocycles. The van der Waals surface area contributed by atoms with Crippen LogP contribution in [0.25, 0.3) is 10.9 Å². The third-order valence-corrected chi connectivity index (χ3v) is 2.78.